The second-order valence-electron chi connectivity index (χ2n) is 6.26. The van der Waals surface area contributed by atoms with Crippen LogP contribution in [0.2, 0.25) is 0 Å². The van der Waals surface area contributed by atoms with Crippen molar-refractivity contribution in [2.75, 3.05) is 37.7 Å². The molecule has 0 saturated carbocycles. The molecule has 140 valence electrons. The van der Waals surface area contributed by atoms with Crippen molar-refractivity contribution in [3.63, 3.8) is 0 Å². The molecular formula is C18H25F3N2OS. The Morgan fingerprint density at radius 1 is 1.12 bits per heavy atom. The molecule has 1 heterocycles. The van der Waals surface area contributed by atoms with Crippen molar-refractivity contribution in [2.45, 2.75) is 32.5 Å². The Morgan fingerprint density at radius 3 is 2.48 bits per heavy atom. The highest BCUT2D eigenvalue weighted by atomic mass is 32.2. The minimum absolute atomic E-state index is 0.190. The van der Waals surface area contributed by atoms with E-state index in [1.54, 1.807) is 11.8 Å². The van der Waals surface area contributed by atoms with Crippen LogP contribution in [0.4, 0.5) is 13.2 Å². The molecule has 25 heavy (non-hydrogen) atoms. The van der Waals surface area contributed by atoms with Crippen molar-refractivity contribution < 1.29 is 18.0 Å². The molecule has 2 rings (SSSR count). The van der Waals surface area contributed by atoms with Gasteiger partial charge >= 0.3 is 6.18 Å². The van der Waals surface area contributed by atoms with Crippen molar-refractivity contribution in [1.29, 1.82) is 0 Å². The van der Waals surface area contributed by atoms with E-state index in [1.807, 2.05) is 4.90 Å². The third-order valence-corrected chi connectivity index (χ3v) is 5.35. The Morgan fingerprint density at radius 2 is 1.84 bits per heavy atom. The van der Waals surface area contributed by atoms with E-state index in [-0.39, 0.29) is 5.91 Å². The van der Waals surface area contributed by atoms with Gasteiger partial charge < -0.3 is 4.90 Å². The molecule has 1 amide bonds. The van der Waals surface area contributed by atoms with Crippen molar-refractivity contribution in [3.8, 4) is 0 Å². The average Bonchev–Trinajstić information content (AvgIpc) is 2.80. The summed E-state index contributed by atoms with van der Waals surface area (Å²) in [6, 6.07) is 5.35. The highest BCUT2D eigenvalue weighted by molar-refractivity contribution is 7.99. The summed E-state index contributed by atoms with van der Waals surface area (Å²) in [7, 11) is 0. The molecule has 3 nitrogen and oxygen atoms in total. The molecule has 0 unspecified atom stereocenters. The summed E-state index contributed by atoms with van der Waals surface area (Å²) in [4.78, 5) is 16.3. The molecular weight excluding hydrogens is 349 g/mol. The molecule has 1 aliphatic rings. The number of hydrogen-bond acceptors (Lipinski definition) is 3. The maximum absolute atomic E-state index is 12.6. The lowest BCUT2D eigenvalue weighted by Gasteiger charge is -2.22. The minimum atomic E-state index is -4.29. The number of carbonyl (C=O) groups is 1. The van der Waals surface area contributed by atoms with Crippen LogP contribution in [0.15, 0.2) is 24.3 Å². The number of nitrogens with zero attached hydrogens (tertiary/aromatic N) is 2. The van der Waals surface area contributed by atoms with E-state index in [0.29, 0.717) is 18.8 Å². The smallest absolute Gasteiger partial charge is 0.341 e. The molecule has 0 bridgehead atoms. The first-order valence-electron chi connectivity index (χ1n) is 8.64. The van der Waals surface area contributed by atoms with Crippen LogP contribution in [-0.2, 0) is 17.5 Å². The van der Waals surface area contributed by atoms with Crippen LogP contribution in [-0.4, -0.2) is 53.4 Å². The number of benzene rings is 1. The molecule has 1 fully saturated rings. The van der Waals surface area contributed by atoms with Gasteiger partial charge in [-0.25, -0.2) is 0 Å². The molecule has 1 aliphatic heterocycles. The largest absolute Gasteiger partial charge is 0.416 e. The summed E-state index contributed by atoms with van der Waals surface area (Å²) >= 11 is 1.67. The maximum Gasteiger partial charge on any atom is 0.416 e. The zero-order chi connectivity index (χ0) is 18.3. The average molecular weight is 374 g/mol. The second kappa shape index (κ2) is 9.48. The van der Waals surface area contributed by atoms with Crippen molar-refractivity contribution in [2.24, 2.45) is 0 Å². The van der Waals surface area contributed by atoms with E-state index < -0.39 is 11.7 Å². The number of amides is 1. The fraction of sp³-hybridized carbons (Fsp3) is 0.611. The van der Waals surface area contributed by atoms with E-state index in [9.17, 15) is 18.0 Å². The summed E-state index contributed by atoms with van der Waals surface area (Å²) in [5.74, 6) is 1.72. The van der Waals surface area contributed by atoms with Gasteiger partial charge in [0.25, 0.3) is 0 Å². The van der Waals surface area contributed by atoms with E-state index in [1.165, 1.54) is 12.1 Å². The van der Waals surface area contributed by atoms with E-state index in [2.05, 4.69) is 11.8 Å². The van der Waals surface area contributed by atoms with Crippen LogP contribution >= 0.6 is 11.8 Å². The SMILES string of the molecule is CCCSCC(=O)N1CCCN(Cc2ccc(C(F)(F)F)cc2)CC1. The Hall–Kier alpha value is -1.21. The molecule has 1 aromatic carbocycles. The Labute approximate surface area is 151 Å². The summed E-state index contributed by atoms with van der Waals surface area (Å²) in [6.07, 6.45) is -2.33. The Kier molecular flexibility index (Phi) is 7.62. The van der Waals surface area contributed by atoms with Gasteiger partial charge in [-0.3, -0.25) is 9.69 Å². The molecule has 1 aromatic rings. The number of alkyl halides is 3. The summed E-state index contributed by atoms with van der Waals surface area (Å²) in [6.45, 7) is 5.77. The number of carbonyl (C=O) groups excluding carboxylic acids is 1. The first kappa shape index (κ1) is 20.1. The number of hydrogen-bond donors (Lipinski definition) is 0. The Balaban J connectivity index is 1.83. The number of rotatable bonds is 6. The molecule has 0 aromatic heterocycles. The summed E-state index contributed by atoms with van der Waals surface area (Å²) in [5.41, 5.74) is 0.250. The van der Waals surface area contributed by atoms with E-state index in [0.717, 1.165) is 55.9 Å². The maximum atomic E-state index is 12.6. The minimum Gasteiger partial charge on any atom is -0.341 e. The summed E-state index contributed by atoms with van der Waals surface area (Å²) < 4.78 is 37.8. The van der Waals surface area contributed by atoms with Gasteiger partial charge in [0.2, 0.25) is 5.91 Å². The van der Waals surface area contributed by atoms with Crippen LogP contribution in [0.25, 0.3) is 0 Å². The lowest BCUT2D eigenvalue weighted by Crippen LogP contribution is -2.36. The lowest BCUT2D eigenvalue weighted by atomic mass is 10.1. The third kappa shape index (κ3) is 6.55. The fourth-order valence-corrected chi connectivity index (χ4v) is 3.62. The zero-order valence-corrected chi connectivity index (χ0v) is 15.3. The van der Waals surface area contributed by atoms with Gasteiger partial charge in [-0.1, -0.05) is 19.1 Å². The van der Waals surface area contributed by atoms with Crippen LogP contribution in [0.5, 0.6) is 0 Å². The monoisotopic (exact) mass is 374 g/mol. The van der Waals surface area contributed by atoms with Gasteiger partial charge in [0.15, 0.2) is 0 Å². The second-order valence-corrected chi connectivity index (χ2v) is 7.36. The van der Waals surface area contributed by atoms with Gasteiger partial charge in [-0.05, 0) is 36.3 Å². The van der Waals surface area contributed by atoms with Gasteiger partial charge in [-0.2, -0.15) is 24.9 Å². The molecule has 7 heteroatoms. The van der Waals surface area contributed by atoms with Crippen LogP contribution in [0, 0.1) is 0 Å². The quantitative estimate of drug-likeness (QED) is 0.706. The highest BCUT2D eigenvalue weighted by Crippen LogP contribution is 2.29. The third-order valence-electron chi connectivity index (χ3n) is 4.20. The van der Waals surface area contributed by atoms with Crippen LogP contribution < -0.4 is 0 Å². The van der Waals surface area contributed by atoms with Gasteiger partial charge in [-0.15, -0.1) is 0 Å². The van der Waals surface area contributed by atoms with Crippen molar-refractivity contribution >= 4 is 17.7 Å². The first-order chi connectivity index (χ1) is 11.9. The zero-order valence-electron chi connectivity index (χ0n) is 14.5. The number of thioether (sulfide) groups is 1. The van der Waals surface area contributed by atoms with Gasteiger partial charge in [0.1, 0.15) is 0 Å². The normalized spacial score (nSPS) is 16.7. The summed E-state index contributed by atoms with van der Waals surface area (Å²) in [5, 5.41) is 0. The van der Waals surface area contributed by atoms with Crippen LogP contribution in [0.1, 0.15) is 30.9 Å². The predicted octanol–water partition coefficient (Wildman–Crippen LogP) is 3.88. The molecule has 0 radical (unpaired) electrons. The molecule has 1 saturated heterocycles. The Bertz CT molecular complexity index is 548. The predicted molar refractivity (Wildman–Crippen MR) is 95.5 cm³/mol. The lowest BCUT2D eigenvalue weighted by molar-refractivity contribution is -0.137. The van der Waals surface area contributed by atoms with Crippen LogP contribution in [0.3, 0.4) is 0 Å². The van der Waals surface area contributed by atoms with E-state index in [4.69, 9.17) is 0 Å². The topological polar surface area (TPSA) is 23.6 Å². The molecule has 0 spiro atoms. The van der Waals surface area contributed by atoms with Crippen molar-refractivity contribution in [1.82, 2.24) is 9.80 Å². The first-order valence-corrected chi connectivity index (χ1v) is 9.79. The fourth-order valence-electron chi connectivity index (χ4n) is 2.83. The van der Waals surface area contributed by atoms with E-state index >= 15 is 0 Å². The van der Waals surface area contributed by atoms with Gasteiger partial charge in [0.05, 0.1) is 11.3 Å². The molecule has 0 atom stereocenters. The number of halogens is 3. The van der Waals surface area contributed by atoms with Gasteiger partial charge in [0, 0.05) is 32.7 Å². The highest BCUT2D eigenvalue weighted by Gasteiger charge is 2.30. The van der Waals surface area contributed by atoms with Crippen molar-refractivity contribution in [3.05, 3.63) is 35.4 Å². The molecule has 0 N–H and O–H groups in total. The standard InChI is InChI=1S/C18H25F3N2OS/c1-2-12-25-14-17(24)23-9-3-8-22(10-11-23)13-15-4-6-16(7-5-15)18(19,20)21/h4-7H,2-3,8-14H2,1H3. The molecule has 0 aliphatic carbocycles.